The normalized spacial score (nSPS) is 13.9. The second kappa shape index (κ2) is 6.76. The number of rotatable bonds is 4. The number of hydrogen-bond donors (Lipinski definition) is 1. The molecule has 0 radical (unpaired) electrons. The third-order valence-corrected chi connectivity index (χ3v) is 5.65. The Kier molecular flexibility index (Phi) is 4.30. The minimum atomic E-state index is -0.432. The number of nitro groups is 1. The summed E-state index contributed by atoms with van der Waals surface area (Å²) in [6.45, 7) is 2.17. The van der Waals surface area contributed by atoms with Gasteiger partial charge in [0, 0.05) is 46.7 Å². The number of nitrogens with zero attached hydrogens (tertiary/aromatic N) is 2. The van der Waals surface area contributed by atoms with Crippen molar-refractivity contribution in [2.24, 2.45) is 0 Å². The summed E-state index contributed by atoms with van der Waals surface area (Å²) in [5.74, 6) is -0.206. The van der Waals surface area contributed by atoms with E-state index in [-0.39, 0.29) is 11.6 Å². The van der Waals surface area contributed by atoms with E-state index in [9.17, 15) is 14.9 Å². The number of nitrogens with one attached hydrogen (secondary N) is 1. The summed E-state index contributed by atoms with van der Waals surface area (Å²) in [7, 11) is 0. The van der Waals surface area contributed by atoms with E-state index in [4.69, 9.17) is 0 Å². The molecule has 132 valence electrons. The molecule has 0 spiro atoms. The van der Waals surface area contributed by atoms with Crippen LogP contribution in [0, 0.1) is 10.1 Å². The predicted octanol–water partition coefficient (Wildman–Crippen LogP) is 4.66. The highest BCUT2D eigenvalue weighted by Gasteiger charge is 2.15. The van der Waals surface area contributed by atoms with Crippen molar-refractivity contribution in [2.75, 3.05) is 23.3 Å². The summed E-state index contributed by atoms with van der Waals surface area (Å²) in [6, 6.07) is 14.2. The number of amides is 1. The number of hydrogen-bond acceptors (Lipinski definition) is 5. The first-order valence-electron chi connectivity index (χ1n) is 8.44. The largest absolute Gasteiger partial charge is 0.372 e. The number of fused-ring (bicyclic) bond motifs is 1. The summed E-state index contributed by atoms with van der Waals surface area (Å²) in [5.41, 5.74) is 1.94. The molecule has 0 bridgehead atoms. The third kappa shape index (κ3) is 3.25. The highest BCUT2D eigenvalue weighted by Crippen LogP contribution is 2.29. The first-order chi connectivity index (χ1) is 12.6. The lowest BCUT2D eigenvalue weighted by atomic mass is 10.2. The van der Waals surface area contributed by atoms with Crippen molar-refractivity contribution in [3.63, 3.8) is 0 Å². The van der Waals surface area contributed by atoms with Gasteiger partial charge in [-0.15, -0.1) is 11.3 Å². The average Bonchev–Trinajstić information content (AvgIpc) is 3.31. The van der Waals surface area contributed by atoms with Gasteiger partial charge in [-0.05, 0) is 49.2 Å². The first-order valence-corrected chi connectivity index (χ1v) is 9.26. The summed E-state index contributed by atoms with van der Waals surface area (Å²) in [6.07, 6.45) is 2.45. The number of nitro benzene ring substituents is 1. The molecular weight excluding hydrogens is 350 g/mol. The Morgan fingerprint density at radius 1 is 1.08 bits per heavy atom. The Morgan fingerprint density at radius 2 is 1.81 bits per heavy atom. The second-order valence-electron chi connectivity index (χ2n) is 6.29. The summed E-state index contributed by atoms with van der Waals surface area (Å²) < 4.78 is 0.852. The van der Waals surface area contributed by atoms with E-state index < -0.39 is 4.92 Å². The Bertz CT molecular complexity index is 975. The minimum Gasteiger partial charge on any atom is -0.372 e. The van der Waals surface area contributed by atoms with E-state index in [1.807, 2.05) is 24.3 Å². The van der Waals surface area contributed by atoms with Crippen LogP contribution < -0.4 is 10.2 Å². The quantitative estimate of drug-likeness (QED) is 0.537. The Hall–Kier alpha value is -2.93. The van der Waals surface area contributed by atoms with Crippen LogP contribution in [0.1, 0.15) is 22.5 Å². The number of thiophene rings is 1. The van der Waals surface area contributed by atoms with Gasteiger partial charge in [0.1, 0.15) is 0 Å². The molecule has 0 atom stereocenters. The highest BCUT2D eigenvalue weighted by atomic mass is 32.1. The van der Waals surface area contributed by atoms with Crippen LogP contribution in [0.15, 0.2) is 48.5 Å². The molecule has 2 aromatic carbocycles. The molecule has 0 saturated carbocycles. The fraction of sp³-hybridized carbons (Fsp3) is 0.211. The van der Waals surface area contributed by atoms with Crippen molar-refractivity contribution < 1.29 is 9.72 Å². The van der Waals surface area contributed by atoms with Crippen LogP contribution in [0.2, 0.25) is 0 Å². The number of carbonyl (C=O) groups is 1. The van der Waals surface area contributed by atoms with E-state index in [0.717, 1.165) is 23.5 Å². The van der Waals surface area contributed by atoms with Crippen LogP contribution in [0.25, 0.3) is 10.1 Å². The molecular formula is C19H17N3O3S. The maximum Gasteiger partial charge on any atom is 0.270 e. The summed E-state index contributed by atoms with van der Waals surface area (Å²) in [4.78, 5) is 25.8. The van der Waals surface area contributed by atoms with Crippen LogP contribution in [0.3, 0.4) is 0 Å². The molecule has 6 nitrogen and oxygen atoms in total. The smallest absolute Gasteiger partial charge is 0.270 e. The predicted molar refractivity (Wildman–Crippen MR) is 104 cm³/mol. The van der Waals surface area contributed by atoms with Gasteiger partial charge in [0.15, 0.2) is 0 Å². The van der Waals surface area contributed by atoms with E-state index in [0.29, 0.717) is 10.3 Å². The molecule has 1 fully saturated rings. The van der Waals surface area contributed by atoms with Gasteiger partial charge in [-0.2, -0.15) is 0 Å². The standard InChI is InChI=1S/C19H17N3O3S/c23-19(18-12-13-11-16(22(24)25)7-8-17(13)26-18)20-14-3-5-15(6-4-14)21-9-1-2-10-21/h3-8,11-12H,1-2,9-10H2,(H,20,23). The van der Waals surface area contributed by atoms with Crippen LogP contribution in [0.4, 0.5) is 17.1 Å². The molecule has 1 amide bonds. The van der Waals surface area contributed by atoms with Gasteiger partial charge in [-0.25, -0.2) is 0 Å². The number of carbonyl (C=O) groups excluding carboxylic acids is 1. The maximum absolute atomic E-state index is 12.5. The third-order valence-electron chi connectivity index (χ3n) is 4.53. The van der Waals surface area contributed by atoms with Crippen molar-refractivity contribution in [2.45, 2.75) is 12.8 Å². The molecule has 0 unspecified atom stereocenters. The number of non-ortho nitro benzene ring substituents is 1. The Balaban J connectivity index is 1.50. The Morgan fingerprint density at radius 3 is 2.50 bits per heavy atom. The topological polar surface area (TPSA) is 75.5 Å². The lowest BCUT2D eigenvalue weighted by molar-refractivity contribution is -0.384. The lowest BCUT2D eigenvalue weighted by Crippen LogP contribution is -2.17. The highest BCUT2D eigenvalue weighted by molar-refractivity contribution is 7.20. The van der Waals surface area contributed by atoms with Gasteiger partial charge in [0.25, 0.3) is 11.6 Å². The van der Waals surface area contributed by atoms with Crippen molar-refractivity contribution in [3.8, 4) is 0 Å². The van der Waals surface area contributed by atoms with Gasteiger partial charge >= 0.3 is 0 Å². The van der Waals surface area contributed by atoms with Crippen LogP contribution in [-0.2, 0) is 0 Å². The van der Waals surface area contributed by atoms with Crippen molar-refractivity contribution >= 4 is 44.4 Å². The zero-order valence-electron chi connectivity index (χ0n) is 14.0. The molecule has 4 rings (SSSR count). The second-order valence-corrected chi connectivity index (χ2v) is 7.37. The lowest BCUT2D eigenvalue weighted by Gasteiger charge is -2.17. The fourth-order valence-corrected chi connectivity index (χ4v) is 4.12. The van der Waals surface area contributed by atoms with Gasteiger partial charge in [-0.3, -0.25) is 14.9 Å². The fourth-order valence-electron chi connectivity index (χ4n) is 3.18. The van der Waals surface area contributed by atoms with E-state index >= 15 is 0 Å². The average molecular weight is 367 g/mol. The van der Waals surface area contributed by atoms with Gasteiger partial charge < -0.3 is 10.2 Å². The molecule has 1 aliphatic heterocycles. The molecule has 1 N–H and O–H groups in total. The van der Waals surface area contributed by atoms with Gasteiger partial charge in [0.05, 0.1) is 9.80 Å². The monoisotopic (exact) mass is 367 g/mol. The van der Waals surface area contributed by atoms with Gasteiger partial charge in [-0.1, -0.05) is 0 Å². The molecule has 26 heavy (non-hydrogen) atoms. The van der Waals surface area contributed by atoms with Crippen molar-refractivity contribution in [3.05, 3.63) is 63.5 Å². The molecule has 1 saturated heterocycles. The first kappa shape index (κ1) is 16.5. The van der Waals surface area contributed by atoms with Crippen LogP contribution in [0.5, 0.6) is 0 Å². The molecule has 1 aromatic heterocycles. The number of anilines is 2. The van der Waals surface area contributed by atoms with E-state index in [1.165, 1.54) is 42.0 Å². The number of benzene rings is 2. The minimum absolute atomic E-state index is 0.0276. The van der Waals surface area contributed by atoms with Crippen LogP contribution in [-0.4, -0.2) is 23.9 Å². The van der Waals surface area contributed by atoms with E-state index in [2.05, 4.69) is 10.2 Å². The molecule has 3 aromatic rings. The zero-order valence-corrected chi connectivity index (χ0v) is 14.8. The zero-order chi connectivity index (χ0) is 18.1. The maximum atomic E-state index is 12.5. The molecule has 1 aliphatic rings. The van der Waals surface area contributed by atoms with Crippen LogP contribution >= 0.6 is 11.3 Å². The van der Waals surface area contributed by atoms with Crippen molar-refractivity contribution in [1.29, 1.82) is 0 Å². The molecule has 2 heterocycles. The van der Waals surface area contributed by atoms with E-state index in [1.54, 1.807) is 12.1 Å². The SMILES string of the molecule is O=C(Nc1ccc(N2CCCC2)cc1)c1cc2cc([N+](=O)[O-])ccc2s1. The van der Waals surface area contributed by atoms with Crippen molar-refractivity contribution in [1.82, 2.24) is 0 Å². The summed E-state index contributed by atoms with van der Waals surface area (Å²) in [5, 5.41) is 14.5. The Labute approximate surface area is 154 Å². The van der Waals surface area contributed by atoms with Gasteiger partial charge in [0.2, 0.25) is 0 Å². The summed E-state index contributed by atoms with van der Waals surface area (Å²) >= 11 is 1.33. The molecule has 7 heteroatoms. The molecule has 0 aliphatic carbocycles.